The van der Waals surface area contributed by atoms with Crippen molar-refractivity contribution in [2.45, 2.75) is 51.9 Å². The molecule has 8 nitrogen and oxygen atoms in total. The van der Waals surface area contributed by atoms with E-state index in [0.29, 0.717) is 36.4 Å². The first-order valence-corrected chi connectivity index (χ1v) is 12.9. The Hall–Kier alpha value is -3.64. The number of alkyl halides is 3. The molecule has 2 N–H and O–H groups in total. The van der Waals surface area contributed by atoms with E-state index in [0.717, 1.165) is 6.07 Å². The van der Waals surface area contributed by atoms with Gasteiger partial charge in [-0.3, -0.25) is 24.9 Å². The Morgan fingerprint density at radius 3 is 2.52 bits per heavy atom. The molecule has 3 aromatic rings. The molecule has 1 aromatic carbocycles. The fraction of sp³-hybridized carbons (Fsp3) is 0.429. The summed E-state index contributed by atoms with van der Waals surface area (Å²) in [5, 5.41) is 14.3. The van der Waals surface area contributed by atoms with Crippen molar-refractivity contribution in [1.29, 1.82) is 0 Å². The van der Waals surface area contributed by atoms with Crippen molar-refractivity contribution >= 4 is 28.5 Å². The lowest BCUT2D eigenvalue weighted by molar-refractivity contribution is -0.141. The summed E-state index contributed by atoms with van der Waals surface area (Å²) in [6.45, 7) is 6.38. The Bertz CT molecular complexity index is 1510. The third-order valence-corrected chi connectivity index (χ3v) is 8.00. The molecule has 0 unspecified atom stereocenters. The van der Waals surface area contributed by atoms with Crippen LogP contribution in [0.15, 0.2) is 36.5 Å². The van der Waals surface area contributed by atoms with E-state index >= 15 is 4.39 Å². The number of halogens is 4. The summed E-state index contributed by atoms with van der Waals surface area (Å²) in [6, 6.07) is 6.41. The number of likely N-dealkylation sites (tertiary alicyclic amines) is 1. The van der Waals surface area contributed by atoms with Gasteiger partial charge in [-0.25, -0.2) is 14.2 Å². The fourth-order valence-corrected chi connectivity index (χ4v) is 5.65. The number of carbonyl (C=O) groups is 2. The molecule has 2 aromatic heterocycles. The molecule has 3 amide bonds. The zero-order valence-electron chi connectivity index (χ0n) is 22.3. The van der Waals surface area contributed by atoms with Crippen LogP contribution < -0.4 is 10.2 Å². The number of nitrogens with one attached hydrogen (secondary N) is 1. The number of imide groups is 1. The number of benzene rings is 1. The van der Waals surface area contributed by atoms with Gasteiger partial charge in [0, 0.05) is 54.7 Å². The second-order valence-corrected chi connectivity index (χ2v) is 11.1. The van der Waals surface area contributed by atoms with Gasteiger partial charge in [0.2, 0.25) is 5.91 Å². The Morgan fingerprint density at radius 1 is 1.12 bits per heavy atom. The molecule has 2 aliphatic rings. The number of hydrogen-bond donors (Lipinski definition) is 2. The SMILES string of the molecule is Cc1nc(C(F)(F)F)ccc1CN1CC[C@](O)(c2ccc3ncc(N4CCC(=O)NC4=O)cc3c2F)C(C)(C)C1. The molecule has 0 radical (unpaired) electrons. The Labute approximate surface area is 228 Å². The van der Waals surface area contributed by atoms with Crippen LogP contribution in [0.4, 0.5) is 28.0 Å². The number of fused-ring (bicyclic) bond motifs is 1. The molecule has 0 saturated carbocycles. The molecule has 2 aliphatic heterocycles. The van der Waals surface area contributed by atoms with Crippen molar-refractivity contribution < 1.29 is 32.3 Å². The number of hydrogen-bond acceptors (Lipinski definition) is 6. The summed E-state index contributed by atoms with van der Waals surface area (Å²) in [7, 11) is 0. The second kappa shape index (κ2) is 9.77. The van der Waals surface area contributed by atoms with E-state index in [4.69, 9.17) is 0 Å². The van der Waals surface area contributed by atoms with Gasteiger partial charge in [0.05, 0.1) is 23.0 Å². The number of amides is 3. The van der Waals surface area contributed by atoms with Gasteiger partial charge in [-0.2, -0.15) is 13.2 Å². The maximum absolute atomic E-state index is 16.1. The number of anilines is 1. The first kappa shape index (κ1) is 27.9. The van der Waals surface area contributed by atoms with E-state index in [2.05, 4.69) is 15.3 Å². The Balaban J connectivity index is 1.41. The standard InChI is InChI=1S/C28H29F4N5O3/c1-16-17(4-7-22(34-16)28(30,31)32)14-36-11-9-27(40,26(2,3)15-36)20-5-6-21-19(24(20)29)12-18(13-33-21)37-10-8-23(38)35-25(37)39/h4-7,12-13,40H,8-11,14-15H2,1-3H3,(H,35,38,39)/t27-/m0/s1. The lowest BCUT2D eigenvalue weighted by Crippen LogP contribution is -2.55. The molecule has 212 valence electrons. The summed E-state index contributed by atoms with van der Waals surface area (Å²) < 4.78 is 55.1. The van der Waals surface area contributed by atoms with Crippen LogP contribution in [0.3, 0.4) is 0 Å². The van der Waals surface area contributed by atoms with Crippen molar-refractivity contribution in [3.8, 4) is 0 Å². The molecule has 4 heterocycles. The fourth-order valence-electron chi connectivity index (χ4n) is 5.65. The third kappa shape index (κ3) is 4.90. The van der Waals surface area contributed by atoms with Gasteiger partial charge in [0.15, 0.2) is 0 Å². The molecule has 40 heavy (non-hydrogen) atoms. The molecule has 0 aliphatic carbocycles. The highest BCUT2D eigenvalue weighted by Gasteiger charge is 2.50. The van der Waals surface area contributed by atoms with Crippen LogP contribution >= 0.6 is 0 Å². The molecule has 2 saturated heterocycles. The highest BCUT2D eigenvalue weighted by atomic mass is 19.4. The predicted molar refractivity (Wildman–Crippen MR) is 139 cm³/mol. The van der Waals surface area contributed by atoms with Crippen LogP contribution in [0.1, 0.15) is 49.2 Å². The molecule has 12 heteroatoms. The van der Waals surface area contributed by atoms with Gasteiger partial charge in [0.1, 0.15) is 11.5 Å². The summed E-state index contributed by atoms with van der Waals surface area (Å²) in [5.74, 6) is -1.03. The zero-order chi connectivity index (χ0) is 29.0. The smallest absolute Gasteiger partial charge is 0.384 e. The van der Waals surface area contributed by atoms with E-state index in [1.54, 1.807) is 6.07 Å². The number of aromatic nitrogens is 2. The number of pyridine rings is 2. The van der Waals surface area contributed by atoms with Gasteiger partial charge in [0.25, 0.3) is 0 Å². The van der Waals surface area contributed by atoms with Crippen LogP contribution in [-0.2, 0) is 23.1 Å². The highest BCUT2D eigenvalue weighted by molar-refractivity contribution is 6.06. The number of urea groups is 1. The number of nitrogens with zero attached hydrogens (tertiary/aromatic N) is 4. The zero-order valence-corrected chi connectivity index (χ0v) is 22.3. The predicted octanol–water partition coefficient (Wildman–Crippen LogP) is 4.66. The maximum Gasteiger partial charge on any atom is 0.433 e. The summed E-state index contributed by atoms with van der Waals surface area (Å²) >= 11 is 0. The number of aliphatic hydroxyl groups is 1. The van der Waals surface area contributed by atoms with Crippen molar-refractivity contribution in [3.63, 3.8) is 0 Å². The normalized spacial score (nSPS) is 22.1. The van der Waals surface area contributed by atoms with Crippen LogP contribution in [0.5, 0.6) is 0 Å². The molecular formula is C28H29F4N5O3. The monoisotopic (exact) mass is 559 g/mol. The Kier molecular flexibility index (Phi) is 6.82. The summed E-state index contributed by atoms with van der Waals surface area (Å²) in [6.07, 6.45) is -2.80. The quantitative estimate of drug-likeness (QED) is 0.452. The molecular weight excluding hydrogens is 530 g/mol. The van der Waals surface area contributed by atoms with Crippen LogP contribution in [0.2, 0.25) is 0 Å². The summed E-state index contributed by atoms with van der Waals surface area (Å²) in [4.78, 5) is 35.1. The van der Waals surface area contributed by atoms with E-state index in [1.807, 2.05) is 18.7 Å². The molecule has 2 fully saturated rings. The summed E-state index contributed by atoms with van der Waals surface area (Å²) in [5.41, 5.74) is -1.63. The van der Waals surface area contributed by atoms with Crippen molar-refractivity contribution in [1.82, 2.24) is 20.2 Å². The third-order valence-electron chi connectivity index (χ3n) is 8.00. The van der Waals surface area contributed by atoms with Gasteiger partial charge < -0.3 is 5.11 Å². The van der Waals surface area contributed by atoms with Crippen molar-refractivity contribution in [3.05, 3.63) is 64.9 Å². The average Bonchev–Trinajstić information content (AvgIpc) is 2.87. The van der Waals surface area contributed by atoms with Gasteiger partial charge in [-0.1, -0.05) is 26.0 Å². The van der Waals surface area contributed by atoms with Gasteiger partial charge >= 0.3 is 12.2 Å². The minimum absolute atomic E-state index is 0.106. The molecule has 5 rings (SSSR count). The molecule has 0 spiro atoms. The van der Waals surface area contributed by atoms with E-state index in [-0.39, 0.29) is 41.9 Å². The number of piperidine rings is 1. The lowest BCUT2D eigenvalue weighted by Gasteiger charge is -2.50. The minimum Gasteiger partial charge on any atom is -0.384 e. The first-order valence-electron chi connectivity index (χ1n) is 12.9. The number of carbonyl (C=O) groups excluding carboxylic acids is 2. The van der Waals surface area contributed by atoms with Gasteiger partial charge in [-0.05, 0) is 37.1 Å². The largest absolute Gasteiger partial charge is 0.433 e. The Morgan fingerprint density at radius 2 is 1.88 bits per heavy atom. The van der Waals surface area contributed by atoms with Crippen molar-refractivity contribution in [2.24, 2.45) is 5.41 Å². The maximum atomic E-state index is 16.1. The molecule has 1 atom stereocenters. The van der Waals surface area contributed by atoms with E-state index < -0.39 is 34.7 Å². The second-order valence-electron chi connectivity index (χ2n) is 11.1. The van der Waals surface area contributed by atoms with E-state index in [1.165, 1.54) is 36.2 Å². The van der Waals surface area contributed by atoms with Crippen LogP contribution in [0.25, 0.3) is 10.9 Å². The number of rotatable bonds is 4. The number of aryl methyl sites for hydroxylation is 1. The van der Waals surface area contributed by atoms with Gasteiger partial charge in [-0.15, -0.1) is 0 Å². The minimum atomic E-state index is -4.52. The topological polar surface area (TPSA) is 98.7 Å². The molecule has 0 bridgehead atoms. The lowest BCUT2D eigenvalue weighted by atomic mass is 9.66. The van der Waals surface area contributed by atoms with Crippen LogP contribution in [-0.4, -0.2) is 51.5 Å². The highest BCUT2D eigenvalue weighted by Crippen LogP contribution is 2.48. The first-order chi connectivity index (χ1) is 18.7. The van der Waals surface area contributed by atoms with E-state index in [9.17, 15) is 27.9 Å². The average molecular weight is 560 g/mol. The van der Waals surface area contributed by atoms with Crippen molar-refractivity contribution in [2.75, 3.05) is 24.5 Å². The van der Waals surface area contributed by atoms with Crippen LogP contribution in [0, 0.1) is 18.2 Å².